The topological polar surface area (TPSA) is 592 Å². The minimum Gasteiger partial charge on any atom is -0.394 e. The fourth-order valence-corrected chi connectivity index (χ4v) is 11.0. The van der Waals surface area contributed by atoms with E-state index in [1.807, 2.05) is 0 Å². The predicted octanol–water partition coefficient (Wildman–Crippen LogP) is -14.8. The first-order valence-corrected chi connectivity index (χ1v) is 27.5. The van der Waals surface area contributed by atoms with Crippen LogP contribution in [0.15, 0.2) is 0 Å². The van der Waals surface area contributed by atoms with Crippen LogP contribution in [0.5, 0.6) is 0 Å². The van der Waals surface area contributed by atoms with Crippen LogP contribution in [-0.2, 0) is 76.0 Å². The first kappa shape index (κ1) is 70.6. The van der Waals surface area contributed by atoms with Crippen LogP contribution in [0.3, 0.4) is 0 Å². The van der Waals surface area contributed by atoms with Gasteiger partial charge in [-0.1, -0.05) is 0 Å². The Labute approximate surface area is 488 Å². The number of hydrogen-bond acceptors (Lipinski definition) is 35. The summed E-state index contributed by atoms with van der Waals surface area (Å²) < 4.78 is 76.1. The third kappa shape index (κ3) is 15.4. The number of ether oxygens (including phenoxy) is 13. The van der Waals surface area contributed by atoms with Crippen LogP contribution < -0.4 is 16.0 Å². The molecular formula is C48H81N3O35. The second-order valence-corrected chi connectivity index (χ2v) is 21.8. The van der Waals surface area contributed by atoms with Gasteiger partial charge in [0.25, 0.3) is 0 Å². The fraction of sp³-hybridized carbons (Fsp3) is 0.938. The number of hydrogen-bond donors (Lipinski definition) is 22. The summed E-state index contributed by atoms with van der Waals surface area (Å²) in [7, 11) is 0. The highest BCUT2D eigenvalue weighted by atomic mass is 16.8. The molecule has 38 heteroatoms. The van der Waals surface area contributed by atoms with Crippen molar-refractivity contribution in [1.29, 1.82) is 0 Å². The molecule has 0 aromatic carbocycles. The molecule has 0 spiro atoms. The predicted molar refractivity (Wildman–Crippen MR) is 265 cm³/mol. The Morgan fingerprint density at radius 2 is 0.663 bits per heavy atom. The summed E-state index contributed by atoms with van der Waals surface area (Å²) >= 11 is 0. The van der Waals surface area contributed by atoms with Gasteiger partial charge in [-0.05, 0) is 6.92 Å². The molecule has 38 nitrogen and oxygen atoms in total. The molecule has 0 radical (unpaired) electrons. The lowest BCUT2D eigenvalue weighted by Crippen LogP contribution is -2.71. The molecule has 0 bridgehead atoms. The van der Waals surface area contributed by atoms with Gasteiger partial charge in [-0.2, -0.15) is 0 Å². The second kappa shape index (κ2) is 30.5. The molecule has 1 unspecified atom stereocenters. The van der Waals surface area contributed by atoms with Crippen molar-refractivity contribution in [3.8, 4) is 0 Å². The highest BCUT2D eigenvalue weighted by molar-refractivity contribution is 5.74. The van der Waals surface area contributed by atoms with E-state index in [2.05, 4.69) is 16.0 Å². The summed E-state index contributed by atoms with van der Waals surface area (Å²) in [6.07, 6.45) is -61.2. The van der Waals surface area contributed by atoms with E-state index in [0.717, 1.165) is 20.8 Å². The molecule has 86 heavy (non-hydrogen) atoms. The van der Waals surface area contributed by atoms with E-state index in [-0.39, 0.29) is 0 Å². The Morgan fingerprint density at radius 1 is 0.326 bits per heavy atom. The molecule has 7 heterocycles. The molecular weight excluding hydrogens is 1180 g/mol. The molecule has 7 saturated heterocycles. The van der Waals surface area contributed by atoms with Crippen molar-refractivity contribution in [2.45, 2.75) is 242 Å². The van der Waals surface area contributed by atoms with Gasteiger partial charge in [-0.15, -0.1) is 0 Å². The third-order valence-corrected chi connectivity index (χ3v) is 15.7. The Bertz CT molecular complexity index is 2170. The van der Waals surface area contributed by atoms with Crippen molar-refractivity contribution < 1.29 is 173 Å². The van der Waals surface area contributed by atoms with Gasteiger partial charge in [0.05, 0.1) is 45.7 Å². The summed E-state index contributed by atoms with van der Waals surface area (Å²) in [4.78, 5) is 38.3. The van der Waals surface area contributed by atoms with Gasteiger partial charge >= 0.3 is 0 Å². The first-order valence-electron chi connectivity index (χ1n) is 27.5. The first-order chi connectivity index (χ1) is 40.6. The van der Waals surface area contributed by atoms with E-state index in [1.54, 1.807) is 0 Å². The van der Waals surface area contributed by atoms with E-state index in [1.165, 1.54) is 6.92 Å². The van der Waals surface area contributed by atoms with Crippen molar-refractivity contribution in [3.63, 3.8) is 0 Å². The van der Waals surface area contributed by atoms with Crippen molar-refractivity contribution in [1.82, 2.24) is 16.0 Å². The Balaban J connectivity index is 1.16. The Hall–Kier alpha value is -2.87. The van der Waals surface area contributed by atoms with Gasteiger partial charge < -0.3 is 175 Å². The summed E-state index contributed by atoms with van der Waals surface area (Å²) in [6.45, 7) is -1.59. The molecule has 7 aliphatic rings. The largest absolute Gasteiger partial charge is 0.394 e. The molecule has 35 atom stereocenters. The van der Waals surface area contributed by atoms with Crippen LogP contribution in [0.4, 0.5) is 0 Å². The highest BCUT2D eigenvalue weighted by Gasteiger charge is 2.59. The van der Waals surface area contributed by atoms with Crippen LogP contribution in [-0.4, -0.2) is 369 Å². The zero-order valence-corrected chi connectivity index (χ0v) is 46.5. The maximum absolute atomic E-state index is 13.1. The van der Waals surface area contributed by atoms with E-state index < -0.39 is 272 Å². The molecule has 0 saturated carbocycles. The lowest BCUT2D eigenvalue weighted by Gasteiger charge is -2.52. The van der Waals surface area contributed by atoms with Gasteiger partial charge in [0, 0.05) is 20.8 Å². The number of carbonyl (C=O) groups is 3. The van der Waals surface area contributed by atoms with Gasteiger partial charge in [-0.25, -0.2) is 0 Å². The summed E-state index contributed by atoms with van der Waals surface area (Å²) in [5.41, 5.74) is 0. The molecule has 498 valence electrons. The number of amides is 3. The van der Waals surface area contributed by atoms with Gasteiger partial charge in [0.2, 0.25) is 17.7 Å². The van der Waals surface area contributed by atoms with Crippen LogP contribution in [0.25, 0.3) is 0 Å². The van der Waals surface area contributed by atoms with Gasteiger partial charge in [-0.3, -0.25) is 14.4 Å². The van der Waals surface area contributed by atoms with E-state index in [9.17, 15) is 111 Å². The molecule has 22 N–H and O–H groups in total. The Morgan fingerprint density at radius 3 is 1.14 bits per heavy atom. The molecule has 0 aliphatic carbocycles. The van der Waals surface area contributed by atoms with Crippen LogP contribution in [0, 0.1) is 0 Å². The minimum atomic E-state index is -2.34. The summed E-state index contributed by atoms with van der Waals surface area (Å²) in [5, 5.41) is 213. The SMILES string of the molecule is CC(=O)N[C@H]1[C@H](O[C@H]2[C@@H](O)[C@@H](CO)O[C@@H](O[C@H]3[C@@H](O)[C@@H](CO[C@@H]4O[C@H](CO)[C@@H](O)[C@H](O[C@@H]5O[C@H](CO)[C@H](O)[C@H](O)[C@H]5O)[C@H]4NC(C)=O)OC(O)[C@@H]3NC(C)=O)[C@@H]2O)O[C@H](CO)[C@@H](O[C@@H]2O[C@@H](C)[C@@H](O)[C@@H](O)[C@@H]2O)[C@@H]1O[C@@H]1O[C@H](CO)[C@H](O)[C@H](O)[C@H]1O. The van der Waals surface area contributed by atoms with Gasteiger partial charge in [0.15, 0.2) is 44.0 Å². The zero-order valence-electron chi connectivity index (χ0n) is 46.5. The number of aliphatic hydroxyl groups is 19. The maximum atomic E-state index is 13.1. The van der Waals surface area contributed by atoms with Gasteiger partial charge in [0.1, 0.15) is 165 Å². The smallest absolute Gasteiger partial charge is 0.217 e. The molecule has 7 fully saturated rings. The highest BCUT2D eigenvalue weighted by Crippen LogP contribution is 2.38. The van der Waals surface area contributed by atoms with Crippen LogP contribution in [0.2, 0.25) is 0 Å². The lowest BCUT2D eigenvalue weighted by molar-refractivity contribution is -0.389. The third-order valence-electron chi connectivity index (χ3n) is 15.7. The normalized spacial score (nSPS) is 49.4. The molecule has 7 aliphatic heterocycles. The average molecular weight is 1260 g/mol. The molecule has 3 amide bonds. The van der Waals surface area contributed by atoms with E-state index in [4.69, 9.17) is 61.6 Å². The standard InChI is InChI=1S/C48H81N3O35/c1-11-24(60)30(66)33(69)45(75-11)82-37-19(9-56)81-44(23(51-14(4)59)40(37)85-47-35(71)32(68)26(62)16(6-53)79-47)86-41-28(64)18(8-55)80-48(36(41)72)83-38-21(49-12(2)57)42(73)76-20(29(38)65)10-74-43-22(50-13(3)58)39(27(63)17(7-54)77-43)84-46-34(70)31(67)25(61)15(5-52)78-46/h11,15-48,52-56,60-73H,5-10H2,1-4H3,(H,49,57)(H,50,58)(H,51,59)/t11-,15+,16+,17+,18+,19+,20+,21+,22+,23+,24+,25-,26-,27+,28-,29-,30+,31-,32-,33-,34+,35+,36+,37+,38+,39+,40+,41-,42?,43+,44-,45-,46-,47-,48-/m0/s1. The van der Waals surface area contributed by atoms with Crippen LogP contribution in [0.1, 0.15) is 27.7 Å². The monoisotopic (exact) mass is 1260 g/mol. The number of nitrogens with one attached hydrogen (secondary N) is 3. The minimum absolute atomic E-state index is 0.808. The molecule has 7 rings (SSSR count). The van der Waals surface area contributed by atoms with Crippen molar-refractivity contribution >= 4 is 17.7 Å². The maximum Gasteiger partial charge on any atom is 0.217 e. The molecule has 0 aromatic heterocycles. The van der Waals surface area contributed by atoms with Crippen molar-refractivity contribution in [2.75, 3.05) is 39.6 Å². The van der Waals surface area contributed by atoms with Crippen molar-refractivity contribution in [2.24, 2.45) is 0 Å². The van der Waals surface area contributed by atoms with Crippen molar-refractivity contribution in [3.05, 3.63) is 0 Å². The van der Waals surface area contributed by atoms with E-state index >= 15 is 0 Å². The summed E-state index contributed by atoms with van der Waals surface area (Å²) in [6, 6.07) is -5.31. The van der Waals surface area contributed by atoms with E-state index in [0.29, 0.717) is 0 Å². The number of carbonyl (C=O) groups excluding carboxylic acids is 3. The summed E-state index contributed by atoms with van der Waals surface area (Å²) in [5.74, 6) is -2.58. The quantitative estimate of drug-likeness (QED) is 0.0507. The molecule has 0 aromatic rings. The zero-order chi connectivity index (χ0) is 63.5. The van der Waals surface area contributed by atoms with Crippen LogP contribution >= 0.6 is 0 Å². The second-order valence-electron chi connectivity index (χ2n) is 21.8. The average Bonchev–Trinajstić information content (AvgIpc) is 0.917. The Kier molecular flexibility index (Phi) is 25.0. The number of aliphatic hydroxyl groups excluding tert-OH is 19. The number of rotatable bonds is 21. The lowest BCUT2D eigenvalue weighted by atomic mass is 9.93. The fourth-order valence-electron chi connectivity index (χ4n) is 11.0.